The fourth-order valence-electron chi connectivity index (χ4n) is 4.62. The highest BCUT2D eigenvalue weighted by atomic mass is 16.2. The lowest BCUT2D eigenvalue weighted by molar-refractivity contribution is -0.127. The van der Waals surface area contributed by atoms with Crippen LogP contribution in [0.2, 0.25) is 0 Å². The molecule has 0 spiro atoms. The summed E-state index contributed by atoms with van der Waals surface area (Å²) in [5.74, 6) is 0.0263. The van der Waals surface area contributed by atoms with Gasteiger partial charge in [-0.15, -0.1) is 0 Å². The van der Waals surface area contributed by atoms with Gasteiger partial charge in [0, 0.05) is 55.9 Å². The molecule has 2 aliphatic rings. The van der Waals surface area contributed by atoms with E-state index < -0.39 is 0 Å². The molecule has 1 N–H and O–H groups in total. The maximum absolute atomic E-state index is 13.2. The first-order valence-electron chi connectivity index (χ1n) is 11.5. The maximum Gasteiger partial charge on any atom is 0.272 e. The van der Waals surface area contributed by atoms with E-state index in [-0.39, 0.29) is 23.9 Å². The first-order valence-corrected chi connectivity index (χ1v) is 11.5. The van der Waals surface area contributed by atoms with E-state index >= 15 is 0 Å². The van der Waals surface area contributed by atoms with Gasteiger partial charge < -0.3 is 14.8 Å². The van der Waals surface area contributed by atoms with Crippen molar-refractivity contribution in [1.82, 2.24) is 14.8 Å². The molecular weight excluding hydrogens is 400 g/mol. The van der Waals surface area contributed by atoms with Crippen molar-refractivity contribution in [3.05, 3.63) is 53.9 Å². The number of hydrogen-bond donors (Lipinski definition) is 1. The number of rotatable bonds is 5. The molecular formula is C26H32N4O2. The fourth-order valence-corrected chi connectivity index (χ4v) is 4.62. The molecule has 168 valence electrons. The van der Waals surface area contributed by atoms with Gasteiger partial charge in [0.05, 0.1) is 0 Å². The number of amides is 2. The number of nitrogens with one attached hydrogen (secondary N) is 1. The summed E-state index contributed by atoms with van der Waals surface area (Å²) >= 11 is 0. The maximum atomic E-state index is 13.2. The van der Waals surface area contributed by atoms with Crippen LogP contribution in [0.1, 0.15) is 51.0 Å². The number of carbonyl (C=O) groups is 2. The second-order valence-corrected chi connectivity index (χ2v) is 8.79. The summed E-state index contributed by atoms with van der Waals surface area (Å²) in [5, 5.41) is 4.25. The summed E-state index contributed by atoms with van der Waals surface area (Å²) in [5.41, 5.74) is 3.85. The highest BCUT2D eigenvalue weighted by Gasteiger charge is 2.31. The van der Waals surface area contributed by atoms with E-state index in [4.69, 9.17) is 0 Å². The van der Waals surface area contributed by atoms with Gasteiger partial charge in [-0.05, 0) is 61.4 Å². The van der Waals surface area contributed by atoms with E-state index in [1.165, 1.54) is 10.9 Å². The number of benzene rings is 1. The van der Waals surface area contributed by atoms with Crippen molar-refractivity contribution in [2.24, 2.45) is 12.0 Å². The molecule has 2 unspecified atom stereocenters. The molecule has 1 saturated carbocycles. The van der Waals surface area contributed by atoms with Crippen LogP contribution in [0.15, 0.2) is 53.3 Å². The van der Waals surface area contributed by atoms with Gasteiger partial charge in [-0.2, -0.15) is 0 Å². The zero-order chi connectivity index (χ0) is 22.7. The Hall–Kier alpha value is -3.15. The van der Waals surface area contributed by atoms with Gasteiger partial charge in [0.1, 0.15) is 5.70 Å². The molecule has 2 amide bonds. The van der Waals surface area contributed by atoms with Gasteiger partial charge in [-0.1, -0.05) is 25.1 Å². The van der Waals surface area contributed by atoms with Gasteiger partial charge in [0.2, 0.25) is 5.91 Å². The molecule has 2 heterocycles. The quantitative estimate of drug-likeness (QED) is 0.769. The second-order valence-electron chi connectivity index (χ2n) is 8.79. The predicted octanol–water partition coefficient (Wildman–Crippen LogP) is 4.22. The van der Waals surface area contributed by atoms with E-state index in [0.29, 0.717) is 12.1 Å². The van der Waals surface area contributed by atoms with Crippen molar-refractivity contribution < 1.29 is 9.59 Å². The second kappa shape index (κ2) is 9.55. The van der Waals surface area contributed by atoms with Gasteiger partial charge in [-0.25, -0.2) is 0 Å². The highest BCUT2D eigenvalue weighted by Crippen LogP contribution is 2.26. The molecule has 2 atom stereocenters. The molecule has 1 aromatic heterocycles. The van der Waals surface area contributed by atoms with E-state index in [1.807, 2.05) is 38.2 Å². The topological polar surface area (TPSA) is 66.7 Å². The molecule has 1 aromatic carbocycles. The Kier molecular flexibility index (Phi) is 6.58. The zero-order valence-corrected chi connectivity index (χ0v) is 19.2. The zero-order valence-electron chi connectivity index (χ0n) is 19.2. The fraction of sp³-hybridized carbons (Fsp3) is 0.423. The summed E-state index contributed by atoms with van der Waals surface area (Å²) in [6.07, 6.45) is 12.7. The van der Waals surface area contributed by atoms with Crippen molar-refractivity contribution in [2.45, 2.75) is 57.5 Å². The normalized spacial score (nSPS) is 21.0. The third-order valence-electron chi connectivity index (χ3n) is 6.61. The largest absolute Gasteiger partial charge is 0.353 e. The number of aromatic nitrogens is 1. The Morgan fingerprint density at radius 3 is 2.81 bits per heavy atom. The van der Waals surface area contributed by atoms with Gasteiger partial charge in [0.15, 0.2) is 0 Å². The molecule has 1 aliphatic heterocycles. The smallest absolute Gasteiger partial charge is 0.272 e. The van der Waals surface area contributed by atoms with Crippen molar-refractivity contribution >= 4 is 34.5 Å². The van der Waals surface area contributed by atoms with Crippen LogP contribution in [0.5, 0.6) is 0 Å². The van der Waals surface area contributed by atoms with Crippen LogP contribution in [-0.4, -0.2) is 46.6 Å². The summed E-state index contributed by atoms with van der Waals surface area (Å²) in [6, 6.07) is 8.81. The predicted molar refractivity (Wildman–Crippen MR) is 129 cm³/mol. The van der Waals surface area contributed by atoms with Crippen LogP contribution < -0.4 is 5.32 Å². The molecule has 1 fully saturated rings. The average molecular weight is 433 g/mol. The van der Waals surface area contributed by atoms with Crippen LogP contribution in [0.4, 0.5) is 0 Å². The molecule has 32 heavy (non-hydrogen) atoms. The van der Waals surface area contributed by atoms with Crippen LogP contribution in [0.3, 0.4) is 0 Å². The summed E-state index contributed by atoms with van der Waals surface area (Å²) < 4.78 is 2.11. The van der Waals surface area contributed by atoms with Crippen LogP contribution in [-0.2, 0) is 16.6 Å². The number of aryl methyl sites for hydroxylation is 1. The molecule has 0 saturated heterocycles. The van der Waals surface area contributed by atoms with E-state index in [2.05, 4.69) is 51.4 Å². The minimum atomic E-state index is -0.0477. The molecule has 1 aliphatic carbocycles. The minimum absolute atomic E-state index is 0.0477. The molecule has 2 aromatic rings. The Morgan fingerprint density at radius 1 is 1.19 bits per heavy atom. The van der Waals surface area contributed by atoms with Crippen LogP contribution in [0.25, 0.3) is 16.5 Å². The average Bonchev–Trinajstić information content (AvgIpc) is 3.39. The van der Waals surface area contributed by atoms with Crippen LogP contribution >= 0.6 is 0 Å². The Balaban J connectivity index is 1.45. The van der Waals surface area contributed by atoms with E-state index in [1.54, 1.807) is 0 Å². The molecule has 4 rings (SSSR count). The molecule has 6 nitrogen and oxygen atoms in total. The van der Waals surface area contributed by atoms with E-state index in [0.717, 1.165) is 43.2 Å². The lowest BCUT2D eigenvalue weighted by Crippen LogP contribution is -2.38. The van der Waals surface area contributed by atoms with Gasteiger partial charge in [0.25, 0.3) is 5.91 Å². The van der Waals surface area contributed by atoms with E-state index in [9.17, 15) is 9.59 Å². The standard InChI is InChI=1S/C26H32N4O2/c1-4-25(31)28-21-10-11-22(16-21)30(3)26(32)23-8-6-5-7-20(17-27-23)18-9-12-24-19(15-18)13-14-29(24)2/h7-9,12-15,17,21-22H,4-6,10-11,16H2,1-3H3,(H,28,31). The number of allylic oxidation sites excluding steroid dienone is 3. The van der Waals surface area contributed by atoms with Crippen molar-refractivity contribution in [3.8, 4) is 0 Å². The third-order valence-corrected chi connectivity index (χ3v) is 6.61. The number of aliphatic imine (C=N–C) groups is 1. The third kappa shape index (κ3) is 4.69. The molecule has 0 radical (unpaired) electrons. The van der Waals surface area contributed by atoms with Crippen molar-refractivity contribution in [2.75, 3.05) is 7.05 Å². The molecule has 0 bridgehead atoms. The molecule has 6 heteroatoms. The monoisotopic (exact) mass is 432 g/mol. The number of hydrogen-bond acceptors (Lipinski definition) is 3. The summed E-state index contributed by atoms with van der Waals surface area (Å²) in [7, 11) is 3.90. The Bertz CT molecular complexity index is 1110. The minimum Gasteiger partial charge on any atom is -0.353 e. The Morgan fingerprint density at radius 2 is 2.00 bits per heavy atom. The highest BCUT2D eigenvalue weighted by molar-refractivity contribution is 6.12. The van der Waals surface area contributed by atoms with Crippen molar-refractivity contribution in [3.63, 3.8) is 0 Å². The lowest BCUT2D eigenvalue weighted by Gasteiger charge is -2.25. The van der Waals surface area contributed by atoms with Gasteiger partial charge in [-0.3, -0.25) is 14.6 Å². The summed E-state index contributed by atoms with van der Waals surface area (Å²) in [4.78, 5) is 31.3. The first-order chi connectivity index (χ1) is 15.5. The number of carbonyl (C=O) groups excluding carboxylic acids is 2. The number of nitrogens with zero attached hydrogens (tertiary/aromatic N) is 3. The summed E-state index contributed by atoms with van der Waals surface area (Å²) in [6.45, 7) is 1.86. The van der Waals surface area contributed by atoms with Crippen LogP contribution in [0, 0.1) is 0 Å². The van der Waals surface area contributed by atoms with Crippen molar-refractivity contribution in [1.29, 1.82) is 0 Å². The Labute approximate surface area is 189 Å². The number of fused-ring (bicyclic) bond motifs is 1. The number of likely N-dealkylation sites (N-methyl/N-ethyl adjacent to an activating group) is 1. The SMILES string of the molecule is CCC(=O)NC1CCC(N(C)C(=O)C2=CCCC=C(c3ccc4c(ccn4C)c3)C=N2)C1. The first kappa shape index (κ1) is 22.1. The lowest BCUT2D eigenvalue weighted by atomic mass is 10.0. The van der Waals surface area contributed by atoms with Gasteiger partial charge >= 0.3 is 0 Å².